The van der Waals surface area contributed by atoms with Crippen LogP contribution in [0.3, 0.4) is 0 Å². The molecule has 0 saturated carbocycles. The van der Waals surface area contributed by atoms with Crippen LogP contribution in [-0.2, 0) is 0 Å². The normalized spacial score (nSPS) is 18.1. The summed E-state index contributed by atoms with van der Waals surface area (Å²) in [5.74, 6) is 0.230. The molecular weight excluding hydrogens is 248 g/mol. The zero-order chi connectivity index (χ0) is 14.4. The first-order chi connectivity index (χ1) is 9.74. The first kappa shape index (κ1) is 15.0. The number of unbranched alkanes of at least 4 members (excludes halogenated alkanes) is 5. The monoisotopic (exact) mass is 272 g/mol. The van der Waals surface area contributed by atoms with Crippen LogP contribution < -0.4 is 0 Å². The van der Waals surface area contributed by atoms with Gasteiger partial charge >= 0.3 is 0 Å². The van der Waals surface area contributed by atoms with Crippen molar-refractivity contribution < 1.29 is 9.59 Å². The highest BCUT2D eigenvalue weighted by atomic mass is 16.1. The molecule has 0 aliphatic heterocycles. The van der Waals surface area contributed by atoms with Crippen LogP contribution in [0, 0.1) is 5.92 Å². The second-order valence-corrected chi connectivity index (χ2v) is 5.79. The molecule has 0 radical (unpaired) electrons. The van der Waals surface area contributed by atoms with Gasteiger partial charge in [-0.15, -0.1) is 0 Å². The molecule has 0 spiro atoms. The minimum Gasteiger partial charge on any atom is -0.294 e. The van der Waals surface area contributed by atoms with Gasteiger partial charge in [-0.1, -0.05) is 69.7 Å². The van der Waals surface area contributed by atoms with Crippen LogP contribution in [0.4, 0.5) is 0 Å². The van der Waals surface area contributed by atoms with Gasteiger partial charge in [0.05, 0.1) is 0 Å². The zero-order valence-corrected chi connectivity index (χ0v) is 12.4. The highest BCUT2D eigenvalue weighted by molar-refractivity contribution is 6.14. The molecule has 0 heterocycles. The number of fused-ring (bicyclic) bond motifs is 1. The third-order valence-corrected chi connectivity index (χ3v) is 4.20. The van der Waals surface area contributed by atoms with Crippen LogP contribution in [0.15, 0.2) is 24.3 Å². The van der Waals surface area contributed by atoms with Gasteiger partial charge in [0.1, 0.15) is 0 Å². The molecule has 20 heavy (non-hydrogen) atoms. The number of hydrogen-bond acceptors (Lipinski definition) is 2. The van der Waals surface area contributed by atoms with Crippen LogP contribution in [-0.4, -0.2) is 11.6 Å². The molecule has 0 amide bonds. The highest BCUT2D eigenvalue weighted by Gasteiger charge is 2.31. The molecule has 1 aliphatic carbocycles. The maximum absolute atomic E-state index is 12.4. The Morgan fingerprint density at radius 2 is 1.60 bits per heavy atom. The Morgan fingerprint density at radius 3 is 2.35 bits per heavy atom. The standard InChI is InChI=1S/C18H24O2/c1-2-3-4-5-6-7-10-14-13-17(19)15-11-8-9-12-16(15)18(14)20/h8-9,11-12,14H,2-7,10,13H2,1H3. The third kappa shape index (κ3) is 3.56. The molecule has 0 saturated heterocycles. The van der Waals surface area contributed by atoms with Crippen molar-refractivity contribution in [1.82, 2.24) is 0 Å². The average molecular weight is 272 g/mol. The minimum atomic E-state index is -0.0800. The van der Waals surface area contributed by atoms with Crippen LogP contribution in [0.2, 0.25) is 0 Å². The van der Waals surface area contributed by atoms with Crippen molar-refractivity contribution in [2.75, 3.05) is 0 Å². The molecule has 1 atom stereocenters. The lowest BCUT2D eigenvalue weighted by Gasteiger charge is -2.22. The van der Waals surface area contributed by atoms with Crippen LogP contribution in [0.25, 0.3) is 0 Å². The number of rotatable bonds is 7. The van der Waals surface area contributed by atoms with Crippen molar-refractivity contribution in [3.63, 3.8) is 0 Å². The maximum Gasteiger partial charge on any atom is 0.167 e. The number of Topliss-reactive ketones (excluding diaryl/α,β-unsaturated/α-hetero) is 2. The Balaban J connectivity index is 1.86. The van der Waals surface area contributed by atoms with E-state index in [1.807, 2.05) is 12.1 Å². The summed E-state index contributed by atoms with van der Waals surface area (Å²) in [6.07, 6.45) is 8.61. The number of carbonyl (C=O) groups excluding carboxylic acids is 2. The van der Waals surface area contributed by atoms with Crippen molar-refractivity contribution in [2.24, 2.45) is 5.92 Å². The fourth-order valence-corrected chi connectivity index (χ4v) is 2.99. The Hall–Kier alpha value is -1.44. The highest BCUT2D eigenvalue weighted by Crippen LogP contribution is 2.29. The van der Waals surface area contributed by atoms with Gasteiger partial charge in [0.25, 0.3) is 0 Å². The molecule has 0 fully saturated rings. The molecule has 0 aromatic heterocycles. The summed E-state index contributed by atoms with van der Waals surface area (Å²) in [5, 5.41) is 0. The summed E-state index contributed by atoms with van der Waals surface area (Å²) in [6.45, 7) is 2.21. The molecule has 2 rings (SSSR count). The molecule has 2 nitrogen and oxygen atoms in total. The summed E-state index contributed by atoms with van der Waals surface area (Å²) in [6, 6.07) is 7.24. The third-order valence-electron chi connectivity index (χ3n) is 4.20. The number of ketones is 2. The smallest absolute Gasteiger partial charge is 0.167 e. The van der Waals surface area contributed by atoms with Gasteiger partial charge in [0.15, 0.2) is 11.6 Å². The van der Waals surface area contributed by atoms with E-state index in [0.717, 1.165) is 12.8 Å². The van der Waals surface area contributed by atoms with E-state index in [-0.39, 0.29) is 17.5 Å². The first-order valence-corrected chi connectivity index (χ1v) is 7.90. The van der Waals surface area contributed by atoms with Crippen molar-refractivity contribution >= 4 is 11.6 Å². The number of hydrogen-bond donors (Lipinski definition) is 0. The van der Waals surface area contributed by atoms with Crippen molar-refractivity contribution in [3.8, 4) is 0 Å². The Morgan fingerprint density at radius 1 is 0.950 bits per heavy atom. The predicted molar refractivity (Wildman–Crippen MR) is 81.2 cm³/mol. The quantitative estimate of drug-likeness (QED) is 0.667. The lowest BCUT2D eigenvalue weighted by atomic mass is 9.79. The Labute approximate surface area is 121 Å². The van der Waals surface area contributed by atoms with E-state index in [2.05, 4.69) is 6.92 Å². The second-order valence-electron chi connectivity index (χ2n) is 5.79. The lowest BCUT2D eigenvalue weighted by molar-refractivity contribution is 0.0814. The molecule has 0 N–H and O–H groups in total. The van der Waals surface area contributed by atoms with Crippen molar-refractivity contribution in [3.05, 3.63) is 35.4 Å². The molecule has 2 heteroatoms. The van der Waals surface area contributed by atoms with E-state index in [4.69, 9.17) is 0 Å². The van der Waals surface area contributed by atoms with Gasteiger partial charge in [-0.2, -0.15) is 0 Å². The molecule has 108 valence electrons. The molecule has 1 aromatic rings. The van der Waals surface area contributed by atoms with Gasteiger partial charge in [0.2, 0.25) is 0 Å². The first-order valence-electron chi connectivity index (χ1n) is 7.90. The van der Waals surface area contributed by atoms with E-state index in [9.17, 15) is 9.59 Å². The number of carbonyl (C=O) groups is 2. The number of benzene rings is 1. The predicted octanol–water partition coefficient (Wildman–Crippen LogP) is 4.82. The van der Waals surface area contributed by atoms with E-state index in [1.165, 1.54) is 32.1 Å². The van der Waals surface area contributed by atoms with E-state index < -0.39 is 0 Å². The van der Waals surface area contributed by atoms with Crippen molar-refractivity contribution in [1.29, 1.82) is 0 Å². The maximum atomic E-state index is 12.4. The fraction of sp³-hybridized carbons (Fsp3) is 0.556. The van der Waals surface area contributed by atoms with Gasteiger partial charge < -0.3 is 0 Å². The molecular formula is C18H24O2. The van der Waals surface area contributed by atoms with Gasteiger partial charge in [-0.25, -0.2) is 0 Å². The lowest BCUT2D eigenvalue weighted by Crippen LogP contribution is -2.26. The van der Waals surface area contributed by atoms with Crippen LogP contribution in [0.1, 0.15) is 79.0 Å². The van der Waals surface area contributed by atoms with E-state index >= 15 is 0 Å². The Kier molecular flexibility index (Phi) is 5.51. The summed E-state index contributed by atoms with van der Waals surface area (Å²) in [5.41, 5.74) is 1.26. The molecule has 1 aromatic carbocycles. The Bertz CT molecular complexity index is 476. The summed E-state index contributed by atoms with van der Waals surface area (Å²) in [4.78, 5) is 24.4. The van der Waals surface area contributed by atoms with Gasteiger partial charge in [-0.3, -0.25) is 9.59 Å². The topological polar surface area (TPSA) is 34.1 Å². The van der Waals surface area contributed by atoms with Gasteiger partial charge in [-0.05, 0) is 6.42 Å². The van der Waals surface area contributed by atoms with Crippen molar-refractivity contribution in [2.45, 2.75) is 58.3 Å². The van der Waals surface area contributed by atoms with Gasteiger partial charge in [0, 0.05) is 23.5 Å². The minimum absolute atomic E-state index is 0.0800. The SMILES string of the molecule is CCCCCCCCC1CC(=O)c2ccccc2C1=O. The second kappa shape index (κ2) is 7.37. The van der Waals surface area contributed by atoms with E-state index in [1.54, 1.807) is 12.1 Å². The molecule has 0 bridgehead atoms. The summed E-state index contributed by atoms with van der Waals surface area (Å²) >= 11 is 0. The zero-order valence-electron chi connectivity index (χ0n) is 12.4. The fourth-order valence-electron chi connectivity index (χ4n) is 2.99. The van der Waals surface area contributed by atoms with E-state index in [0.29, 0.717) is 17.5 Å². The van der Waals surface area contributed by atoms with Crippen LogP contribution >= 0.6 is 0 Å². The summed E-state index contributed by atoms with van der Waals surface area (Å²) < 4.78 is 0. The molecule has 1 aliphatic rings. The summed E-state index contributed by atoms with van der Waals surface area (Å²) in [7, 11) is 0. The molecule has 1 unspecified atom stereocenters. The largest absolute Gasteiger partial charge is 0.294 e. The average Bonchev–Trinajstić information content (AvgIpc) is 2.47. The van der Waals surface area contributed by atoms with Crippen LogP contribution in [0.5, 0.6) is 0 Å².